The quantitative estimate of drug-likeness (QED) is 0.868. The fourth-order valence-electron chi connectivity index (χ4n) is 2.62. The first kappa shape index (κ1) is 17.7. The Kier molecular flexibility index (Phi) is 5.64. The van der Waals surface area contributed by atoms with Crippen LogP contribution >= 0.6 is 11.6 Å². The lowest BCUT2D eigenvalue weighted by Crippen LogP contribution is -2.41. The zero-order valence-electron chi connectivity index (χ0n) is 12.8. The molecule has 0 saturated carbocycles. The maximum Gasteiger partial charge on any atom is 0.226 e. The van der Waals surface area contributed by atoms with E-state index in [0.29, 0.717) is 17.1 Å². The third kappa shape index (κ3) is 4.94. The van der Waals surface area contributed by atoms with Gasteiger partial charge >= 0.3 is 0 Å². The predicted octanol–water partition coefficient (Wildman–Crippen LogP) is 1.70. The molecule has 1 atom stereocenters. The molecule has 1 aromatic carbocycles. The lowest BCUT2D eigenvalue weighted by molar-refractivity contribution is -0.131. The van der Waals surface area contributed by atoms with E-state index in [9.17, 15) is 18.0 Å². The molecule has 1 N–H and O–H groups in total. The molecule has 1 saturated heterocycles. The Labute approximate surface area is 140 Å². The molecule has 2 amide bonds. The maximum absolute atomic E-state index is 12.0. The van der Waals surface area contributed by atoms with Gasteiger partial charge in [0, 0.05) is 25.9 Å². The highest BCUT2D eigenvalue weighted by molar-refractivity contribution is 7.91. The zero-order valence-corrected chi connectivity index (χ0v) is 14.4. The van der Waals surface area contributed by atoms with E-state index in [-0.39, 0.29) is 42.3 Å². The van der Waals surface area contributed by atoms with Crippen molar-refractivity contribution in [1.29, 1.82) is 0 Å². The number of hydrogen-bond acceptors (Lipinski definition) is 4. The first-order valence-corrected chi connectivity index (χ1v) is 9.50. The van der Waals surface area contributed by atoms with Crippen LogP contribution in [0.5, 0.6) is 0 Å². The molecule has 0 aromatic heterocycles. The van der Waals surface area contributed by atoms with Gasteiger partial charge in [-0.15, -0.1) is 0 Å². The Hall–Kier alpha value is -1.60. The lowest BCUT2D eigenvalue weighted by atomic mass is 10.2. The molecule has 126 valence electrons. The highest BCUT2D eigenvalue weighted by atomic mass is 35.5. The van der Waals surface area contributed by atoms with Gasteiger partial charge in [0.25, 0.3) is 0 Å². The average Bonchev–Trinajstić information content (AvgIpc) is 2.81. The van der Waals surface area contributed by atoms with Gasteiger partial charge in [-0.25, -0.2) is 8.42 Å². The molecule has 1 unspecified atom stereocenters. The van der Waals surface area contributed by atoms with Gasteiger partial charge in [-0.05, 0) is 18.6 Å². The van der Waals surface area contributed by atoms with Crippen molar-refractivity contribution >= 4 is 38.9 Å². The van der Waals surface area contributed by atoms with Gasteiger partial charge in [0.15, 0.2) is 9.84 Å². The van der Waals surface area contributed by atoms with Crippen molar-refractivity contribution in [3.63, 3.8) is 0 Å². The summed E-state index contributed by atoms with van der Waals surface area (Å²) in [5.74, 6) is -0.436. The third-order valence-corrected chi connectivity index (χ3v) is 5.86. The van der Waals surface area contributed by atoms with Crippen molar-refractivity contribution in [2.45, 2.75) is 25.8 Å². The molecular formula is C15H19ClN2O4S. The molecule has 23 heavy (non-hydrogen) atoms. The molecule has 6 nitrogen and oxygen atoms in total. The highest BCUT2D eigenvalue weighted by Crippen LogP contribution is 2.21. The summed E-state index contributed by atoms with van der Waals surface area (Å²) in [5.41, 5.74) is 0.511. The van der Waals surface area contributed by atoms with Crippen LogP contribution in [0.1, 0.15) is 19.8 Å². The Balaban J connectivity index is 1.93. The third-order valence-electron chi connectivity index (χ3n) is 3.78. The maximum atomic E-state index is 12.0. The smallest absolute Gasteiger partial charge is 0.226 e. The second-order valence-corrected chi connectivity index (χ2v) is 8.18. The fourth-order valence-corrected chi connectivity index (χ4v) is 4.53. The largest absolute Gasteiger partial charge is 0.338 e. The summed E-state index contributed by atoms with van der Waals surface area (Å²) in [7, 11) is -3.08. The van der Waals surface area contributed by atoms with Gasteiger partial charge in [0.05, 0.1) is 22.2 Å². The molecule has 1 aromatic rings. The number of nitrogens with one attached hydrogen (secondary N) is 1. The lowest BCUT2D eigenvalue weighted by Gasteiger charge is -2.26. The summed E-state index contributed by atoms with van der Waals surface area (Å²) in [6, 6.07) is 6.53. The number of nitrogens with zero attached hydrogens (tertiary/aromatic N) is 1. The number of carbonyl (C=O) groups excluding carboxylic acids is 2. The molecule has 1 fully saturated rings. The SMILES string of the molecule is CC(=O)N(CCC(=O)Nc1ccccc1Cl)C1CCS(=O)(=O)C1. The van der Waals surface area contributed by atoms with Crippen LogP contribution in [0.3, 0.4) is 0 Å². The van der Waals surface area contributed by atoms with E-state index in [2.05, 4.69) is 5.32 Å². The Morgan fingerprint density at radius 2 is 2.04 bits per heavy atom. The molecular weight excluding hydrogens is 340 g/mol. The number of carbonyl (C=O) groups is 2. The van der Waals surface area contributed by atoms with Crippen molar-refractivity contribution in [2.75, 3.05) is 23.4 Å². The van der Waals surface area contributed by atoms with Gasteiger partial charge in [0.1, 0.15) is 0 Å². The fraction of sp³-hybridized carbons (Fsp3) is 0.467. The second-order valence-electron chi connectivity index (χ2n) is 5.55. The van der Waals surface area contributed by atoms with Crippen molar-refractivity contribution in [3.05, 3.63) is 29.3 Å². The van der Waals surface area contributed by atoms with E-state index in [4.69, 9.17) is 11.6 Å². The number of para-hydroxylation sites is 1. The van der Waals surface area contributed by atoms with Crippen LogP contribution in [0.25, 0.3) is 0 Å². The predicted molar refractivity (Wildman–Crippen MR) is 89.1 cm³/mol. The van der Waals surface area contributed by atoms with Crippen LogP contribution in [0.4, 0.5) is 5.69 Å². The molecule has 2 rings (SSSR count). The molecule has 0 spiro atoms. The van der Waals surface area contributed by atoms with Gasteiger partial charge in [-0.2, -0.15) is 0 Å². The van der Waals surface area contributed by atoms with Gasteiger partial charge in [-0.3, -0.25) is 9.59 Å². The summed E-state index contributed by atoms with van der Waals surface area (Å²) in [6.45, 7) is 1.57. The van der Waals surface area contributed by atoms with Crippen LogP contribution in [-0.2, 0) is 19.4 Å². The van der Waals surface area contributed by atoms with Crippen LogP contribution in [0.2, 0.25) is 5.02 Å². The van der Waals surface area contributed by atoms with Crippen molar-refractivity contribution in [3.8, 4) is 0 Å². The molecule has 8 heteroatoms. The zero-order chi connectivity index (χ0) is 17.0. The van der Waals surface area contributed by atoms with Gasteiger partial charge in [0.2, 0.25) is 11.8 Å². The standard InChI is InChI=1S/C15H19ClN2O4S/c1-11(19)18(12-7-9-23(21,22)10-12)8-6-15(20)17-14-5-3-2-4-13(14)16/h2-5,12H,6-10H2,1H3,(H,17,20). The number of sulfone groups is 1. The van der Waals surface area contributed by atoms with Crippen molar-refractivity contribution < 1.29 is 18.0 Å². The second kappa shape index (κ2) is 7.31. The Morgan fingerprint density at radius 3 is 2.61 bits per heavy atom. The summed E-state index contributed by atoms with van der Waals surface area (Å²) in [6.07, 6.45) is 0.509. The number of rotatable bonds is 5. The van der Waals surface area contributed by atoms with E-state index in [1.807, 2.05) is 0 Å². The number of benzene rings is 1. The first-order valence-electron chi connectivity index (χ1n) is 7.30. The topological polar surface area (TPSA) is 83.6 Å². The van der Waals surface area contributed by atoms with Crippen LogP contribution < -0.4 is 5.32 Å². The highest BCUT2D eigenvalue weighted by Gasteiger charge is 2.33. The molecule has 0 bridgehead atoms. The van der Waals surface area contributed by atoms with E-state index in [1.165, 1.54) is 11.8 Å². The summed E-state index contributed by atoms with van der Waals surface area (Å²) < 4.78 is 23.1. The van der Waals surface area contributed by atoms with Crippen molar-refractivity contribution in [2.24, 2.45) is 0 Å². The van der Waals surface area contributed by atoms with Crippen molar-refractivity contribution in [1.82, 2.24) is 4.90 Å². The van der Waals surface area contributed by atoms with E-state index >= 15 is 0 Å². The molecule has 0 aliphatic carbocycles. The molecule has 1 aliphatic rings. The van der Waals surface area contributed by atoms with Crippen LogP contribution in [-0.4, -0.2) is 49.2 Å². The van der Waals surface area contributed by atoms with Crippen LogP contribution in [0.15, 0.2) is 24.3 Å². The minimum Gasteiger partial charge on any atom is -0.338 e. The molecule has 1 aliphatic heterocycles. The monoisotopic (exact) mass is 358 g/mol. The first-order chi connectivity index (χ1) is 10.8. The summed E-state index contributed by atoms with van der Waals surface area (Å²) in [4.78, 5) is 25.2. The Morgan fingerprint density at radius 1 is 1.35 bits per heavy atom. The van der Waals surface area contributed by atoms with Gasteiger partial charge < -0.3 is 10.2 Å². The van der Waals surface area contributed by atoms with E-state index in [0.717, 1.165) is 0 Å². The van der Waals surface area contributed by atoms with Gasteiger partial charge in [-0.1, -0.05) is 23.7 Å². The van der Waals surface area contributed by atoms with E-state index in [1.54, 1.807) is 24.3 Å². The number of anilines is 1. The average molecular weight is 359 g/mol. The minimum absolute atomic E-state index is 0.0291. The minimum atomic E-state index is -3.08. The number of halogens is 1. The normalized spacial score (nSPS) is 19.3. The Bertz CT molecular complexity index is 705. The molecule has 0 radical (unpaired) electrons. The molecule has 1 heterocycles. The number of amides is 2. The van der Waals surface area contributed by atoms with Crippen LogP contribution in [0, 0.1) is 0 Å². The summed E-state index contributed by atoms with van der Waals surface area (Å²) >= 11 is 5.97. The number of hydrogen-bond donors (Lipinski definition) is 1. The van der Waals surface area contributed by atoms with E-state index < -0.39 is 9.84 Å². The summed E-state index contributed by atoms with van der Waals surface area (Å²) in [5, 5.41) is 3.12.